The Hall–Kier alpha value is 7.91. The van der Waals surface area contributed by atoms with Crippen molar-refractivity contribution in [1.29, 1.82) is 0 Å². The molecule has 0 bridgehead atoms. The zero-order valence-corrected chi connectivity index (χ0v) is 26.1. The average molecular weight is 929 g/mol. The van der Waals surface area contributed by atoms with Gasteiger partial charge in [0.15, 0.2) is 0 Å². The summed E-state index contributed by atoms with van der Waals surface area (Å²) >= 11 is 0. The smallest absolute Gasteiger partial charge is 0 e. The van der Waals surface area contributed by atoms with Crippen LogP contribution >= 0.6 is 0 Å². The van der Waals surface area contributed by atoms with Crippen LogP contribution < -0.4 is 0 Å². The van der Waals surface area contributed by atoms with Gasteiger partial charge in [0.25, 0.3) is 0 Å². The van der Waals surface area contributed by atoms with E-state index in [1.54, 1.807) is 0 Å². The molecule has 0 fully saturated rings. The monoisotopic (exact) mass is 926 g/mol. The van der Waals surface area contributed by atoms with Gasteiger partial charge in [0, 0.05) is 238 Å². The largest absolute Gasteiger partial charge is 0 e. The van der Waals surface area contributed by atoms with E-state index in [2.05, 4.69) is 0 Å². The molecule has 0 spiro atoms. The predicted molar refractivity (Wildman–Crippen MR) is 17.3 cm³/mol. The maximum absolute atomic E-state index is 0. The van der Waals surface area contributed by atoms with Crippen LogP contribution in [0.1, 0.15) is 0 Å². The van der Waals surface area contributed by atoms with Gasteiger partial charge < -0.3 is 0 Å². The quantitative estimate of drug-likeness (QED) is 0.270. The fraction of sp³-hybridized carbons (Fsp3) is 0. The summed E-state index contributed by atoms with van der Waals surface area (Å²) in [7, 11) is 0. The Morgan fingerprint density at radius 1 is 0.286 bits per heavy atom. The average Bonchev–Trinajstić information content (AvgIpc) is 0. The van der Waals surface area contributed by atoms with Gasteiger partial charge in [0.1, 0.15) is 0 Å². The second kappa shape index (κ2) is 37.1. The van der Waals surface area contributed by atoms with E-state index in [1.807, 2.05) is 0 Å². The van der Waals surface area contributed by atoms with Gasteiger partial charge in [0.05, 0.1) is 0 Å². The SMILES string of the molecule is [Pr].[Pr].[Pr].[Pr].[Sb].[Sb].[Sb]. The summed E-state index contributed by atoms with van der Waals surface area (Å²) in [5, 5.41) is 0. The van der Waals surface area contributed by atoms with E-state index in [4.69, 9.17) is 0 Å². The Kier molecular flexibility index (Phi) is 244. The number of hydrogen-bond donors (Lipinski definition) is 0. The summed E-state index contributed by atoms with van der Waals surface area (Å²) in [6.07, 6.45) is 0. The van der Waals surface area contributed by atoms with Crippen molar-refractivity contribution in [2.24, 2.45) is 0 Å². The summed E-state index contributed by atoms with van der Waals surface area (Å²) in [5.41, 5.74) is 0. The Bertz CT molecular complexity index is 6.90. The van der Waals surface area contributed by atoms with E-state index in [1.165, 1.54) is 0 Å². The van der Waals surface area contributed by atoms with E-state index in [0.29, 0.717) is 0 Å². The Balaban J connectivity index is 0. The molecule has 0 N–H and O–H groups in total. The van der Waals surface area contributed by atoms with E-state index in [-0.39, 0.29) is 238 Å². The van der Waals surface area contributed by atoms with Gasteiger partial charge in [-0.25, -0.2) is 0 Å². The van der Waals surface area contributed by atoms with Crippen molar-refractivity contribution >= 4 is 73.3 Å². The predicted octanol–water partition coefficient (Wildman–Crippen LogP) is -1.14. The third kappa shape index (κ3) is 31.5. The van der Waals surface area contributed by atoms with E-state index in [9.17, 15) is 0 Å². The molecule has 0 aromatic rings. The van der Waals surface area contributed by atoms with Crippen LogP contribution in [0.5, 0.6) is 0 Å². The molecular formula is Pr4Sb3. The maximum Gasteiger partial charge on any atom is 0 e. The molecule has 0 aromatic carbocycles. The minimum Gasteiger partial charge on any atom is 0 e. The van der Waals surface area contributed by atoms with Crippen molar-refractivity contribution in [2.45, 2.75) is 0 Å². The molecule has 0 aromatic heterocycles. The fourth-order valence-electron chi connectivity index (χ4n) is 0. The van der Waals surface area contributed by atoms with Crippen molar-refractivity contribution < 1.29 is 165 Å². The molecular weight excluding hydrogens is 929 g/mol. The molecule has 7 heavy (non-hydrogen) atoms. The molecule has 13 radical (unpaired) electrons. The van der Waals surface area contributed by atoms with Gasteiger partial charge in [-0.3, -0.25) is 0 Å². The summed E-state index contributed by atoms with van der Waals surface area (Å²) < 4.78 is 0. The zero-order chi connectivity index (χ0) is 0. The summed E-state index contributed by atoms with van der Waals surface area (Å²) in [6.45, 7) is 0. The minimum atomic E-state index is 0. The van der Waals surface area contributed by atoms with E-state index in [0.717, 1.165) is 0 Å². The van der Waals surface area contributed by atoms with Crippen LogP contribution in [0.4, 0.5) is 0 Å². The molecule has 0 saturated heterocycles. The van der Waals surface area contributed by atoms with Crippen LogP contribution in [0.3, 0.4) is 0 Å². The zero-order valence-electron chi connectivity index (χ0n) is 3.65. The molecule has 0 aliphatic heterocycles. The van der Waals surface area contributed by atoms with Crippen molar-refractivity contribution in [1.82, 2.24) is 0 Å². The first-order valence-electron chi connectivity index (χ1n) is 0. The topological polar surface area (TPSA) is 0 Å². The third-order valence-electron chi connectivity index (χ3n) is 0. The Labute approximate surface area is 230 Å². The molecule has 0 nitrogen and oxygen atoms in total. The second-order valence-electron chi connectivity index (χ2n) is 0. The first kappa shape index (κ1) is 46.1. The maximum atomic E-state index is 0. The van der Waals surface area contributed by atoms with Crippen molar-refractivity contribution in [3.05, 3.63) is 0 Å². The molecule has 0 saturated carbocycles. The Morgan fingerprint density at radius 3 is 0.286 bits per heavy atom. The molecule has 0 aliphatic rings. The van der Waals surface area contributed by atoms with Crippen LogP contribution in [-0.4, -0.2) is 73.3 Å². The molecule has 0 amide bonds. The first-order chi connectivity index (χ1) is 0. The van der Waals surface area contributed by atoms with Gasteiger partial charge in [-0.05, 0) is 0 Å². The van der Waals surface area contributed by atoms with Gasteiger partial charge >= 0.3 is 0 Å². The summed E-state index contributed by atoms with van der Waals surface area (Å²) in [5.74, 6) is 0. The normalized spacial score (nSPS) is 0. The van der Waals surface area contributed by atoms with Gasteiger partial charge in [-0.2, -0.15) is 0 Å². The third-order valence-corrected chi connectivity index (χ3v) is 0. The fourth-order valence-corrected chi connectivity index (χ4v) is 0. The molecule has 7 heteroatoms. The second-order valence-corrected chi connectivity index (χ2v) is 0. The van der Waals surface area contributed by atoms with Gasteiger partial charge in [-0.1, -0.05) is 0 Å². The molecule has 0 aliphatic carbocycles. The van der Waals surface area contributed by atoms with Crippen molar-refractivity contribution in [3.63, 3.8) is 0 Å². The molecule has 0 heterocycles. The molecule has 0 unspecified atom stereocenters. The minimum absolute atomic E-state index is 0. The standard InChI is InChI=1S/4Pr.3Sb. The van der Waals surface area contributed by atoms with Gasteiger partial charge in [-0.15, -0.1) is 0 Å². The summed E-state index contributed by atoms with van der Waals surface area (Å²) in [4.78, 5) is 0. The first-order valence-corrected chi connectivity index (χ1v) is 0. The molecule has 0 rings (SSSR count). The number of rotatable bonds is 0. The van der Waals surface area contributed by atoms with E-state index < -0.39 is 0 Å². The van der Waals surface area contributed by atoms with Crippen LogP contribution in [-0.2, 0) is 0 Å². The van der Waals surface area contributed by atoms with Crippen LogP contribution in [0.25, 0.3) is 0 Å². The molecule has 27 valence electrons. The van der Waals surface area contributed by atoms with E-state index >= 15 is 0 Å². The van der Waals surface area contributed by atoms with Crippen LogP contribution in [0.15, 0.2) is 0 Å². The van der Waals surface area contributed by atoms with Crippen LogP contribution in [0.2, 0.25) is 0 Å². The summed E-state index contributed by atoms with van der Waals surface area (Å²) in [6, 6.07) is 0. The number of hydrogen-bond acceptors (Lipinski definition) is 0. The molecule has 0 atom stereocenters. The van der Waals surface area contributed by atoms with Gasteiger partial charge in [0.2, 0.25) is 0 Å². The Morgan fingerprint density at radius 2 is 0.286 bits per heavy atom. The van der Waals surface area contributed by atoms with Crippen molar-refractivity contribution in [2.75, 3.05) is 0 Å². The van der Waals surface area contributed by atoms with Crippen LogP contribution in [0, 0.1) is 165 Å². The van der Waals surface area contributed by atoms with Crippen molar-refractivity contribution in [3.8, 4) is 0 Å².